The summed E-state index contributed by atoms with van der Waals surface area (Å²) < 4.78 is 14.9. The van der Waals surface area contributed by atoms with Gasteiger partial charge in [-0.3, -0.25) is 4.79 Å². The first-order valence-electron chi connectivity index (χ1n) is 9.00. The maximum absolute atomic E-state index is 11.3. The van der Waals surface area contributed by atoms with Crippen molar-refractivity contribution in [3.05, 3.63) is 23.3 Å². The lowest BCUT2D eigenvalue weighted by Crippen LogP contribution is -2.47. The van der Waals surface area contributed by atoms with Gasteiger partial charge in [-0.25, -0.2) is 4.79 Å². The molecular weight excluding hydrogens is 320 g/mol. The second kappa shape index (κ2) is 11.1. The van der Waals surface area contributed by atoms with Crippen molar-refractivity contribution in [1.29, 1.82) is 0 Å². The molecule has 3 unspecified atom stereocenters. The molecule has 5 heteroatoms. The number of methoxy groups -OCH3 is 2. The van der Waals surface area contributed by atoms with Crippen LogP contribution < -0.4 is 0 Å². The summed E-state index contributed by atoms with van der Waals surface area (Å²) in [6.07, 6.45) is 8.84. The molecule has 1 aliphatic rings. The Morgan fingerprint density at radius 2 is 1.96 bits per heavy atom. The van der Waals surface area contributed by atoms with Crippen LogP contribution in [-0.4, -0.2) is 38.9 Å². The van der Waals surface area contributed by atoms with E-state index in [9.17, 15) is 9.59 Å². The highest BCUT2D eigenvalue weighted by atomic mass is 16.6. The molecule has 0 aromatic rings. The van der Waals surface area contributed by atoms with E-state index in [1.807, 2.05) is 13.0 Å². The molecule has 0 aromatic heterocycles. The Kier molecular flexibility index (Phi) is 9.50. The van der Waals surface area contributed by atoms with Gasteiger partial charge in [-0.05, 0) is 44.6 Å². The molecule has 1 heterocycles. The third-order valence-corrected chi connectivity index (χ3v) is 4.49. The minimum absolute atomic E-state index is 0.0375. The average Bonchev–Trinajstić information content (AvgIpc) is 2.54. The predicted octanol–water partition coefficient (Wildman–Crippen LogP) is 3.83. The van der Waals surface area contributed by atoms with Crippen molar-refractivity contribution in [1.82, 2.24) is 0 Å². The number of carbonyl (C=O) groups is 2. The molecule has 25 heavy (non-hydrogen) atoms. The van der Waals surface area contributed by atoms with Crippen molar-refractivity contribution < 1.29 is 23.8 Å². The number of ether oxygens (including phenoxy) is 3. The van der Waals surface area contributed by atoms with Crippen molar-refractivity contribution in [3.8, 4) is 0 Å². The zero-order valence-electron chi connectivity index (χ0n) is 16.2. The third-order valence-electron chi connectivity index (χ3n) is 4.49. The zero-order valence-corrected chi connectivity index (χ0v) is 16.2. The first-order chi connectivity index (χ1) is 11.9. The van der Waals surface area contributed by atoms with Gasteiger partial charge in [0, 0.05) is 13.2 Å². The molecule has 1 aliphatic heterocycles. The molecule has 0 aromatic carbocycles. The molecule has 0 N–H and O–H groups in total. The maximum atomic E-state index is 11.3. The highest BCUT2D eigenvalue weighted by Gasteiger charge is 2.41. The van der Waals surface area contributed by atoms with E-state index in [1.165, 1.54) is 18.8 Å². The predicted molar refractivity (Wildman–Crippen MR) is 97.0 cm³/mol. The van der Waals surface area contributed by atoms with Crippen molar-refractivity contribution in [2.24, 2.45) is 11.8 Å². The fourth-order valence-electron chi connectivity index (χ4n) is 3.24. The molecule has 3 atom stereocenters. The first kappa shape index (κ1) is 21.4. The molecule has 0 saturated carbocycles. The van der Waals surface area contributed by atoms with Crippen LogP contribution in [0.4, 0.5) is 0 Å². The molecule has 0 radical (unpaired) electrons. The SMILES string of the molecule is COCC1C(=O)OC1CCCCC(C)CC(C)=CC(C)=CC(=O)OC. The summed E-state index contributed by atoms with van der Waals surface area (Å²) >= 11 is 0. The second-order valence-corrected chi connectivity index (χ2v) is 7.03. The summed E-state index contributed by atoms with van der Waals surface area (Å²) in [5.74, 6) is 0.0625. The lowest BCUT2D eigenvalue weighted by atomic mass is 9.91. The number of esters is 2. The average molecular weight is 352 g/mol. The van der Waals surface area contributed by atoms with E-state index in [0.717, 1.165) is 37.7 Å². The number of rotatable bonds is 11. The molecule has 1 rings (SSSR count). The molecule has 0 aliphatic carbocycles. The first-order valence-corrected chi connectivity index (χ1v) is 9.00. The van der Waals surface area contributed by atoms with Gasteiger partial charge in [0.1, 0.15) is 12.0 Å². The Hall–Kier alpha value is -1.62. The maximum Gasteiger partial charge on any atom is 0.330 e. The van der Waals surface area contributed by atoms with Gasteiger partial charge in [0.2, 0.25) is 0 Å². The summed E-state index contributed by atoms with van der Waals surface area (Å²) in [6.45, 7) is 6.70. The van der Waals surface area contributed by atoms with Crippen molar-refractivity contribution in [2.75, 3.05) is 20.8 Å². The second-order valence-electron chi connectivity index (χ2n) is 7.03. The van der Waals surface area contributed by atoms with Crippen molar-refractivity contribution in [3.63, 3.8) is 0 Å². The highest BCUT2D eigenvalue weighted by molar-refractivity contribution is 5.83. The van der Waals surface area contributed by atoms with Crippen LogP contribution in [0.25, 0.3) is 0 Å². The van der Waals surface area contributed by atoms with E-state index in [0.29, 0.717) is 12.5 Å². The van der Waals surface area contributed by atoms with Crippen molar-refractivity contribution >= 4 is 11.9 Å². The number of allylic oxidation sites excluding steroid dienone is 3. The van der Waals surface area contributed by atoms with Crippen LogP contribution in [0, 0.1) is 11.8 Å². The Labute approximate surface area is 151 Å². The van der Waals surface area contributed by atoms with Gasteiger partial charge < -0.3 is 14.2 Å². The molecule has 1 fully saturated rings. The Balaban J connectivity index is 2.24. The number of hydrogen-bond acceptors (Lipinski definition) is 5. The standard InChI is InChI=1S/C20H32O5/c1-14(10-15(2)11-16(3)12-19(21)24-5)8-6-7-9-18-17(13-23-4)20(22)25-18/h11-12,14,17-18H,6-10,13H2,1-5H3. The fourth-order valence-corrected chi connectivity index (χ4v) is 3.24. The zero-order chi connectivity index (χ0) is 18.8. The summed E-state index contributed by atoms with van der Waals surface area (Å²) in [4.78, 5) is 22.5. The van der Waals surface area contributed by atoms with Crippen LogP contribution in [0.1, 0.15) is 52.9 Å². The lowest BCUT2D eigenvalue weighted by Gasteiger charge is -2.34. The fraction of sp³-hybridized carbons (Fsp3) is 0.700. The topological polar surface area (TPSA) is 61.8 Å². The normalized spacial score (nSPS) is 22.2. The van der Waals surface area contributed by atoms with Gasteiger partial charge in [0.25, 0.3) is 0 Å². The molecule has 0 spiro atoms. The van der Waals surface area contributed by atoms with Gasteiger partial charge in [0.15, 0.2) is 0 Å². The van der Waals surface area contributed by atoms with E-state index >= 15 is 0 Å². The van der Waals surface area contributed by atoms with Crippen molar-refractivity contribution in [2.45, 2.75) is 59.0 Å². The molecular formula is C20H32O5. The summed E-state index contributed by atoms with van der Waals surface area (Å²) in [6, 6.07) is 0. The lowest BCUT2D eigenvalue weighted by molar-refractivity contribution is -0.190. The number of unbranched alkanes of at least 4 members (excludes halogenated alkanes) is 1. The van der Waals surface area contributed by atoms with E-state index in [2.05, 4.69) is 18.6 Å². The molecule has 0 amide bonds. The molecule has 1 saturated heterocycles. The molecule has 0 bridgehead atoms. The van der Waals surface area contributed by atoms with Crippen LogP contribution in [-0.2, 0) is 23.8 Å². The Morgan fingerprint density at radius 1 is 1.24 bits per heavy atom. The van der Waals surface area contributed by atoms with Crippen LogP contribution >= 0.6 is 0 Å². The number of hydrogen-bond donors (Lipinski definition) is 0. The quantitative estimate of drug-likeness (QED) is 0.245. The van der Waals surface area contributed by atoms with E-state index < -0.39 is 0 Å². The minimum atomic E-state index is -0.321. The number of cyclic esters (lactones) is 1. The highest BCUT2D eigenvalue weighted by Crippen LogP contribution is 2.28. The van der Waals surface area contributed by atoms with Crippen LogP contribution in [0.15, 0.2) is 23.3 Å². The van der Waals surface area contributed by atoms with Gasteiger partial charge in [0.05, 0.1) is 13.7 Å². The number of carbonyl (C=O) groups excluding carboxylic acids is 2. The van der Waals surface area contributed by atoms with Gasteiger partial charge in [-0.15, -0.1) is 0 Å². The van der Waals surface area contributed by atoms with Crippen LogP contribution in [0.3, 0.4) is 0 Å². The molecule has 142 valence electrons. The van der Waals surface area contributed by atoms with Gasteiger partial charge >= 0.3 is 11.9 Å². The summed E-state index contributed by atoms with van der Waals surface area (Å²) in [7, 11) is 3.00. The van der Waals surface area contributed by atoms with E-state index in [-0.39, 0.29) is 24.0 Å². The monoisotopic (exact) mass is 352 g/mol. The van der Waals surface area contributed by atoms with E-state index in [1.54, 1.807) is 7.11 Å². The Morgan fingerprint density at radius 3 is 2.56 bits per heavy atom. The Bertz CT molecular complexity index is 506. The summed E-state index contributed by atoms with van der Waals surface area (Å²) in [5.41, 5.74) is 2.17. The molecule has 5 nitrogen and oxygen atoms in total. The third kappa shape index (κ3) is 7.86. The van der Waals surface area contributed by atoms with Gasteiger partial charge in [-0.1, -0.05) is 31.4 Å². The largest absolute Gasteiger partial charge is 0.466 e. The van der Waals surface area contributed by atoms with Crippen LogP contribution in [0.2, 0.25) is 0 Å². The van der Waals surface area contributed by atoms with E-state index in [4.69, 9.17) is 9.47 Å². The smallest absolute Gasteiger partial charge is 0.330 e. The summed E-state index contributed by atoms with van der Waals surface area (Å²) in [5, 5.41) is 0. The van der Waals surface area contributed by atoms with Crippen LogP contribution in [0.5, 0.6) is 0 Å². The van der Waals surface area contributed by atoms with Gasteiger partial charge in [-0.2, -0.15) is 0 Å². The minimum Gasteiger partial charge on any atom is -0.466 e.